The summed E-state index contributed by atoms with van der Waals surface area (Å²) in [6, 6.07) is 0. The van der Waals surface area contributed by atoms with Crippen molar-refractivity contribution < 1.29 is 5.11 Å². The molecule has 4 N–H and O–H groups in total. The number of aliphatic hydroxyl groups excluding tert-OH is 1. The summed E-state index contributed by atoms with van der Waals surface area (Å²) < 4.78 is 0. The first-order valence-electron chi connectivity index (χ1n) is 6.72. The first-order valence-corrected chi connectivity index (χ1v) is 7.88. The average molecular weight is 296 g/mol. The van der Waals surface area contributed by atoms with E-state index in [1.807, 2.05) is 18.7 Å². The Morgan fingerprint density at radius 3 is 3.00 bits per heavy atom. The van der Waals surface area contributed by atoms with Crippen molar-refractivity contribution in [3.05, 3.63) is 6.20 Å². The number of anilines is 2. The van der Waals surface area contributed by atoms with E-state index < -0.39 is 0 Å². The van der Waals surface area contributed by atoms with Crippen molar-refractivity contribution in [3.8, 4) is 0 Å². The van der Waals surface area contributed by atoms with Crippen LogP contribution in [0.15, 0.2) is 6.20 Å². The molecular formula is C12H20N6OS. The highest BCUT2D eigenvalue weighted by Crippen LogP contribution is 2.19. The van der Waals surface area contributed by atoms with Crippen LogP contribution in [0, 0.1) is 0 Å². The summed E-state index contributed by atoms with van der Waals surface area (Å²) in [5.74, 6) is 3.34. The number of aliphatic hydroxyl groups is 1. The van der Waals surface area contributed by atoms with E-state index in [4.69, 9.17) is 5.11 Å². The molecule has 2 rings (SSSR count). The average Bonchev–Trinajstić information content (AvgIpc) is 2.91. The summed E-state index contributed by atoms with van der Waals surface area (Å²) in [5, 5.41) is 22.9. The van der Waals surface area contributed by atoms with Gasteiger partial charge in [0, 0.05) is 25.4 Å². The molecule has 0 aliphatic carbocycles. The molecule has 0 aliphatic rings. The van der Waals surface area contributed by atoms with Crippen LogP contribution in [0.25, 0.3) is 11.0 Å². The van der Waals surface area contributed by atoms with Crippen LogP contribution in [0.4, 0.5) is 11.8 Å². The van der Waals surface area contributed by atoms with Gasteiger partial charge in [-0.25, -0.2) is 0 Å². The third kappa shape index (κ3) is 3.97. The van der Waals surface area contributed by atoms with E-state index >= 15 is 0 Å². The summed E-state index contributed by atoms with van der Waals surface area (Å²) in [6.07, 6.45) is 2.57. The molecule has 0 aliphatic heterocycles. The molecule has 7 nitrogen and oxygen atoms in total. The van der Waals surface area contributed by atoms with Crippen molar-refractivity contribution in [1.82, 2.24) is 20.2 Å². The molecule has 0 aromatic carbocycles. The Balaban J connectivity index is 1.95. The second-order valence-electron chi connectivity index (χ2n) is 4.17. The lowest BCUT2D eigenvalue weighted by Gasteiger charge is -2.08. The van der Waals surface area contributed by atoms with E-state index in [-0.39, 0.29) is 6.61 Å². The Kier molecular flexibility index (Phi) is 5.87. The van der Waals surface area contributed by atoms with E-state index in [0.29, 0.717) is 5.95 Å². The standard InChI is InChI=1S/C12H20N6OS/c1-2-13-12-16-10(9-8-15-18-11(9)17-12)14-4-7-20-6-3-5-19/h8,19H,2-7H2,1H3,(H3,13,14,15,16,17,18). The van der Waals surface area contributed by atoms with Crippen LogP contribution >= 0.6 is 11.8 Å². The second-order valence-corrected chi connectivity index (χ2v) is 5.40. The maximum absolute atomic E-state index is 8.71. The third-order valence-corrected chi connectivity index (χ3v) is 3.70. The first kappa shape index (κ1) is 14.9. The van der Waals surface area contributed by atoms with Gasteiger partial charge in [-0.15, -0.1) is 0 Å². The number of nitrogens with one attached hydrogen (secondary N) is 3. The summed E-state index contributed by atoms with van der Waals surface area (Å²) in [4.78, 5) is 8.80. The Morgan fingerprint density at radius 1 is 1.30 bits per heavy atom. The number of fused-ring (bicyclic) bond motifs is 1. The molecule has 2 heterocycles. The van der Waals surface area contributed by atoms with Crippen LogP contribution < -0.4 is 10.6 Å². The molecule has 0 unspecified atom stereocenters. The first-order chi connectivity index (χ1) is 9.85. The summed E-state index contributed by atoms with van der Waals surface area (Å²) in [5.41, 5.74) is 0.728. The van der Waals surface area contributed by atoms with E-state index in [9.17, 15) is 0 Å². The Labute approximate surface area is 122 Å². The Morgan fingerprint density at radius 2 is 2.20 bits per heavy atom. The molecule has 0 saturated heterocycles. The van der Waals surface area contributed by atoms with E-state index in [2.05, 4.69) is 30.8 Å². The minimum atomic E-state index is 0.258. The molecule has 0 bridgehead atoms. The number of nitrogens with zero attached hydrogens (tertiary/aromatic N) is 3. The fourth-order valence-electron chi connectivity index (χ4n) is 1.72. The lowest BCUT2D eigenvalue weighted by atomic mass is 10.4. The zero-order chi connectivity index (χ0) is 14.2. The molecule has 0 fully saturated rings. The number of H-pyrrole nitrogens is 1. The van der Waals surface area contributed by atoms with Gasteiger partial charge in [0.2, 0.25) is 5.95 Å². The summed E-state index contributed by atoms with van der Waals surface area (Å²) in [7, 11) is 0. The fraction of sp³-hybridized carbons (Fsp3) is 0.583. The van der Waals surface area contributed by atoms with Gasteiger partial charge in [0.15, 0.2) is 5.65 Å². The number of thioether (sulfide) groups is 1. The topological polar surface area (TPSA) is 98.8 Å². The van der Waals surface area contributed by atoms with Crippen LogP contribution in [-0.2, 0) is 0 Å². The van der Waals surface area contributed by atoms with Crippen molar-refractivity contribution in [2.45, 2.75) is 13.3 Å². The van der Waals surface area contributed by atoms with Crippen LogP contribution in [0.5, 0.6) is 0 Å². The van der Waals surface area contributed by atoms with Gasteiger partial charge in [-0.3, -0.25) is 5.10 Å². The minimum absolute atomic E-state index is 0.258. The van der Waals surface area contributed by atoms with Crippen molar-refractivity contribution in [1.29, 1.82) is 0 Å². The molecule has 0 amide bonds. The normalized spacial score (nSPS) is 10.9. The SMILES string of the molecule is CCNc1nc(NCCSCCCO)c2cn[nH]c2n1. The predicted octanol–water partition coefficient (Wildman–Crippen LogP) is 1.31. The van der Waals surface area contributed by atoms with Gasteiger partial charge < -0.3 is 15.7 Å². The van der Waals surface area contributed by atoms with E-state index in [1.165, 1.54) is 0 Å². The molecule has 2 aromatic rings. The molecule has 0 atom stereocenters. The number of aromatic nitrogens is 4. The van der Waals surface area contributed by atoms with Crippen molar-refractivity contribution >= 4 is 34.6 Å². The van der Waals surface area contributed by atoms with Gasteiger partial charge in [0.05, 0.1) is 11.6 Å². The van der Waals surface area contributed by atoms with Gasteiger partial charge in [0.25, 0.3) is 0 Å². The lowest BCUT2D eigenvalue weighted by Crippen LogP contribution is -2.09. The summed E-state index contributed by atoms with van der Waals surface area (Å²) in [6.45, 7) is 3.86. The zero-order valence-electron chi connectivity index (χ0n) is 11.5. The highest BCUT2D eigenvalue weighted by Gasteiger charge is 2.08. The van der Waals surface area contributed by atoms with Crippen LogP contribution in [0.2, 0.25) is 0 Å². The van der Waals surface area contributed by atoms with Gasteiger partial charge in [-0.1, -0.05) is 0 Å². The number of hydrogen-bond acceptors (Lipinski definition) is 7. The maximum Gasteiger partial charge on any atom is 0.226 e. The monoisotopic (exact) mass is 296 g/mol. The zero-order valence-corrected chi connectivity index (χ0v) is 12.3. The summed E-state index contributed by atoms with van der Waals surface area (Å²) >= 11 is 1.81. The van der Waals surface area contributed by atoms with Crippen molar-refractivity contribution in [2.24, 2.45) is 0 Å². The third-order valence-electron chi connectivity index (χ3n) is 2.63. The quantitative estimate of drug-likeness (QED) is 0.518. The molecule has 8 heteroatoms. The predicted molar refractivity (Wildman–Crippen MR) is 83.4 cm³/mol. The lowest BCUT2D eigenvalue weighted by molar-refractivity contribution is 0.296. The van der Waals surface area contributed by atoms with Gasteiger partial charge >= 0.3 is 0 Å². The van der Waals surface area contributed by atoms with Crippen LogP contribution in [0.3, 0.4) is 0 Å². The van der Waals surface area contributed by atoms with Gasteiger partial charge in [0.1, 0.15) is 5.82 Å². The largest absolute Gasteiger partial charge is 0.396 e. The number of hydrogen-bond donors (Lipinski definition) is 4. The molecule has 0 radical (unpaired) electrons. The molecule has 20 heavy (non-hydrogen) atoms. The van der Waals surface area contributed by atoms with Gasteiger partial charge in [-0.2, -0.15) is 26.8 Å². The molecule has 2 aromatic heterocycles. The molecule has 110 valence electrons. The Bertz CT molecular complexity index is 532. The molecule has 0 saturated carbocycles. The maximum atomic E-state index is 8.71. The highest BCUT2D eigenvalue weighted by molar-refractivity contribution is 7.99. The molecular weight excluding hydrogens is 276 g/mol. The minimum Gasteiger partial charge on any atom is -0.396 e. The highest BCUT2D eigenvalue weighted by atomic mass is 32.2. The molecule has 0 spiro atoms. The van der Waals surface area contributed by atoms with Crippen molar-refractivity contribution in [3.63, 3.8) is 0 Å². The van der Waals surface area contributed by atoms with E-state index in [1.54, 1.807) is 6.20 Å². The van der Waals surface area contributed by atoms with E-state index in [0.717, 1.165) is 47.9 Å². The smallest absolute Gasteiger partial charge is 0.226 e. The number of rotatable bonds is 9. The van der Waals surface area contributed by atoms with Crippen LogP contribution in [-0.4, -0.2) is 56.5 Å². The number of aromatic amines is 1. The van der Waals surface area contributed by atoms with Crippen LogP contribution in [0.1, 0.15) is 13.3 Å². The van der Waals surface area contributed by atoms with Crippen molar-refractivity contribution in [2.75, 3.05) is 41.8 Å². The van der Waals surface area contributed by atoms with Gasteiger partial charge in [-0.05, 0) is 19.1 Å². The second kappa shape index (κ2) is 7.91. The Hall–Kier alpha value is -1.54. The fourth-order valence-corrected chi connectivity index (χ4v) is 2.50.